The number of rotatable bonds is 8. The third kappa shape index (κ3) is 5.94. The van der Waals surface area contributed by atoms with Crippen molar-refractivity contribution in [1.82, 2.24) is 29.5 Å². The zero-order valence-electron chi connectivity index (χ0n) is 25.2. The molecule has 15 heteroatoms. The van der Waals surface area contributed by atoms with Gasteiger partial charge in [-0.25, -0.2) is 9.37 Å². The summed E-state index contributed by atoms with van der Waals surface area (Å²) in [5, 5.41) is 13.8. The van der Waals surface area contributed by atoms with Crippen molar-refractivity contribution < 1.29 is 22.4 Å². The van der Waals surface area contributed by atoms with Gasteiger partial charge in [0.15, 0.2) is 5.83 Å². The van der Waals surface area contributed by atoms with Gasteiger partial charge in [-0.15, -0.1) is 0 Å². The highest BCUT2D eigenvalue weighted by Crippen LogP contribution is 2.36. The lowest BCUT2D eigenvalue weighted by molar-refractivity contribution is -0.138. The van der Waals surface area contributed by atoms with E-state index in [2.05, 4.69) is 35.4 Å². The molecule has 1 amide bonds. The summed E-state index contributed by atoms with van der Waals surface area (Å²) in [6.07, 6.45) is -3.58. The lowest BCUT2D eigenvalue weighted by Gasteiger charge is -2.45. The molecule has 2 aliphatic rings. The largest absolute Gasteiger partial charge is 0.418 e. The number of piperazine rings is 1. The van der Waals surface area contributed by atoms with E-state index in [-0.39, 0.29) is 60.3 Å². The van der Waals surface area contributed by atoms with Gasteiger partial charge in [0.1, 0.15) is 11.3 Å². The number of nitrogens with zero attached hydrogens (tertiary/aromatic N) is 9. The van der Waals surface area contributed by atoms with Crippen molar-refractivity contribution in [2.45, 2.75) is 45.5 Å². The molecule has 0 saturated carbocycles. The molecule has 1 unspecified atom stereocenters. The average molecular weight is 628 g/mol. The summed E-state index contributed by atoms with van der Waals surface area (Å²) in [5.41, 5.74) is -2.45. The second kappa shape index (κ2) is 12.4. The monoisotopic (exact) mass is 627 g/mol. The van der Waals surface area contributed by atoms with Gasteiger partial charge in [-0.2, -0.15) is 33.2 Å². The molecule has 2 aromatic heterocycles. The number of carbonyl (C=O) groups excluding carboxylic acids is 1. The first-order chi connectivity index (χ1) is 21.4. The Morgan fingerprint density at radius 2 is 1.84 bits per heavy atom. The second-order valence-corrected chi connectivity index (χ2v) is 11.1. The summed E-state index contributed by atoms with van der Waals surface area (Å²) in [7, 11) is 0. The minimum Gasteiger partial charge on any atom is -0.352 e. The molecule has 2 aliphatic heterocycles. The third-order valence-electron chi connectivity index (χ3n) is 8.45. The van der Waals surface area contributed by atoms with Crippen molar-refractivity contribution in [3.8, 4) is 11.8 Å². The van der Waals surface area contributed by atoms with Crippen LogP contribution in [0.2, 0.25) is 0 Å². The molecule has 238 valence electrons. The molecule has 0 radical (unpaired) electrons. The molecule has 0 spiro atoms. The van der Waals surface area contributed by atoms with Crippen molar-refractivity contribution in [3.63, 3.8) is 0 Å². The predicted molar refractivity (Wildman–Crippen MR) is 160 cm³/mol. The van der Waals surface area contributed by atoms with Gasteiger partial charge in [0, 0.05) is 38.8 Å². The van der Waals surface area contributed by atoms with E-state index in [1.807, 2.05) is 11.0 Å². The van der Waals surface area contributed by atoms with Crippen molar-refractivity contribution >= 4 is 28.6 Å². The highest BCUT2D eigenvalue weighted by atomic mass is 19.4. The van der Waals surface area contributed by atoms with Gasteiger partial charge in [0.25, 0.3) is 11.5 Å². The number of halogens is 4. The molecule has 2 fully saturated rings. The van der Waals surface area contributed by atoms with Crippen LogP contribution in [0.1, 0.15) is 31.4 Å². The summed E-state index contributed by atoms with van der Waals surface area (Å²) in [6, 6.07) is 5.48. The number of fused-ring (bicyclic) bond motifs is 1. The molecule has 1 aromatic carbocycles. The Labute approximate surface area is 257 Å². The Balaban J connectivity index is 1.64. The topological polar surface area (TPSA) is 114 Å². The smallest absolute Gasteiger partial charge is 0.352 e. The third-order valence-corrected chi connectivity index (χ3v) is 8.45. The first kappa shape index (κ1) is 31.8. The van der Waals surface area contributed by atoms with Gasteiger partial charge in [0.05, 0.1) is 41.4 Å². The maximum absolute atomic E-state index is 14.1. The fourth-order valence-electron chi connectivity index (χ4n) is 6.09. The van der Waals surface area contributed by atoms with Crippen LogP contribution in [0.4, 0.5) is 29.3 Å². The maximum Gasteiger partial charge on any atom is 0.418 e. The van der Waals surface area contributed by atoms with E-state index in [9.17, 15) is 32.4 Å². The highest BCUT2D eigenvalue weighted by Gasteiger charge is 2.38. The summed E-state index contributed by atoms with van der Waals surface area (Å²) in [4.78, 5) is 42.9. The van der Waals surface area contributed by atoms with E-state index in [1.165, 1.54) is 36.2 Å². The van der Waals surface area contributed by atoms with Crippen molar-refractivity contribution in [2.75, 3.05) is 55.6 Å². The molecule has 0 aliphatic carbocycles. The maximum atomic E-state index is 14.1. The molecule has 5 rings (SSSR count). The molecular weight excluding hydrogens is 594 g/mol. The van der Waals surface area contributed by atoms with E-state index in [4.69, 9.17) is 4.98 Å². The normalized spacial score (nSPS) is 17.5. The van der Waals surface area contributed by atoms with Crippen LogP contribution in [0.5, 0.6) is 0 Å². The highest BCUT2D eigenvalue weighted by molar-refractivity contribution is 5.92. The molecule has 1 atom stereocenters. The SMILES string of the molecule is C=C(F)C(=O)N1CCN(c2nc(N3CC(N(CC)CC)C3)nc3c(=O)n(-c4cccc(C)c4C(F)(F)F)ncc23)CC1CC#N. The lowest BCUT2D eigenvalue weighted by atomic mass is 10.1. The Bertz CT molecular complexity index is 1730. The first-order valence-corrected chi connectivity index (χ1v) is 14.6. The van der Waals surface area contributed by atoms with Crippen LogP contribution in [0.25, 0.3) is 16.6 Å². The van der Waals surface area contributed by atoms with Gasteiger partial charge in [0.2, 0.25) is 5.95 Å². The molecule has 11 nitrogen and oxygen atoms in total. The number of hydrogen-bond donors (Lipinski definition) is 0. The zero-order valence-corrected chi connectivity index (χ0v) is 25.2. The van der Waals surface area contributed by atoms with Crippen LogP contribution >= 0.6 is 0 Å². The number of benzene rings is 1. The number of nitriles is 1. The number of anilines is 2. The molecule has 0 N–H and O–H groups in total. The fraction of sp³-hybridized carbons (Fsp3) is 0.467. The Hall–Kier alpha value is -4.58. The Morgan fingerprint density at radius 3 is 2.47 bits per heavy atom. The number of aryl methyl sites for hydroxylation is 1. The number of alkyl halides is 3. The van der Waals surface area contributed by atoms with Crippen molar-refractivity contribution in [2.24, 2.45) is 0 Å². The van der Waals surface area contributed by atoms with Crippen LogP contribution in [-0.2, 0) is 11.0 Å². The number of likely N-dealkylation sites (N-methyl/N-ethyl adjacent to an activating group) is 1. The van der Waals surface area contributed by atoms with Crippen LogP contribution in [0, 0.1) is 18.3 Å². The van der Waals surface area contributed by atoms with Crippen LogP contribution in [-0.4, -0.2) is 93.4 Å². The Morgan fingerprint density at radius 1 is 1.13 bits per heavy atom. The van der Waals surface area contributed by atoms with Crippen LogP contribution in [0.15, 0.2) is 41.6 Å². The summed E-state index contributed by atoms with van der Waals surface area (Å²) in [6.45, 7) is 11.7. The summed E-state index contributed by atoms with van der Waals surface area (Å²) < 4.78 is 56.8. The minimum atomic E-state index is -4.74. The van der Waals surface area contributed by atoms with Gasteiger partial charge >= 0.3 is 6.18 Å². The number of hydrogen-bond acceptors (Lipinski definition) is 9. The van der Waals surface area contributed by atoms with E-state index in [0.717, 1.165) is 13.1 Å². The van der Waals surface area contributed by atoms with E-state index in [1.54, 1.807) is 4.90 Å². The van der Waals surface area contributed by atoms with Gasteiger partial charge in [-0.3, -0.25) is 14.5 Å². The molecule has 4 heterocycles. The van der Waals surface area contributed by atoms with Gasteiger partial charge in [-0.1, -0.05) is 32.6 Å². The molecule has 0 bridgehead atoms. The van der Waals surface area contributed by atoms with Gasteiger partial charge in [-0.05, 0) is 31.6 Å². The standard InChI is InChI=1S/C30H33F4N9O2/c1-5-39(6-2)21-16-41(17-21)29-37-25-22(14-36-43(28(25)45)23-9-7-8-18(3)24(23)30(32,33)34)26(38-29)40-12-13-42(27(44)19(4)31)20(15-40)10-11-35/h7-9,14,20-21H,4-6,10,12-13,15-17H2,1-3H3. The zero-order chi connectivity index (χ0) is 32.6. The predicted octanol–water partition coefficient (Wildman–Crippen LogP) is 3.45. The number of carbonyl (C=O) groups is 1. The van der Waals surface area contributed by atoms with Crippen molar-refractivity contribution in [1.29, 1.82) is 5.26 Å². The summed E-state index contributed by atoms with van der Waals surface area (Å²) in [5.74, 6) is -1.54. The molecule has 2 saturated heterocycles. The lowest BCUT2D eigenvalue weighted by Crippen LogP contribution is -2.60. The van der Waals surface area contributed by atoms with E-state index >= 15 is 0 Å². The van der Waals surface area contributed by atoms with E-state index < -0.39 is 40.8 Å². The van der Waals surface area contributed by atoms with E-state index in [0.29, 0.717) is 17.8 Å². The number of amides is 1. The molecule has 3 aromatic rings. The van der Waals surface area contributed by atoms with Crippen LogP contribution < -0.4 is 15.4 Å². The second-order valence-electron chi connectivity index (χ2n) is 11.1. The van der Waals surface area contributed by atoms with Crippen LogP contribution in [0.3, 0.4) is 0 Å². The average Bonchev–Trinajstić information content (AvgIpc) is 2.97. The van der Waals surface area contributed by atoms with Gasteiger partial charge < -0.3 is 14.7 Å². The first-order valence-electron chi connectivity index (χ1n) is 14.6. The quantitative estimate of drug-likeness (QED) is 0.274. The van der Waals surface area contributed by atoms with Crippen molar-refractivity contribution in [3.05, 3.63) is 58.3 Å². The number of aromatic nitrogens is 4. The fourth-order valence-corrected chi connectivity index (χ4v) is 6.09. The molecular formula is C30H33F4N9O2. The molecule has 45 heavy (non-hydrogen) atoms. The Kier molecular flexibility index (Phi) is 8.79. The summed E-state index contributed by atoms with van der Waals surface area (Å²) >= 11 is 0. The minimum absolute atomic E-state index is 0.0471.